The molecule has 1 aromatic rings. The molecule has 0 radical (unpaired) electrons. The first-order valence-corrected chi connectivity index (χ1v) is 5.41. The van der Waals surface area contributed by atoms with Crippen LogP contribution in [0, 0.1) is 6.92 Å². The van der Waals surface area contributed by atoms with Gasteiger partial charge in [-0.15, -0.1) is 0 Å². The molecule has 0 aliphatic rings. The van der Waals surface area contributed by atoms with Crippen LogP contribution in [0.15, 0.2) is 18.2 Å². The molecule has 0 aliphatic heterocycles. The molecule has 0 unspecified atom stereocenters. The minimum atomic E-state index is -4.14. The summed E-state index contributed by atoms with van der Waals surface area (Å²) in [5.74, 6) is 0. The number of rotatable bonds is 4. The topological polar surface area (TPSA) is 38.0 Å². The summed E-state index contributed by atoms with van der Waals surface area (Å²) in [5.41, 5.74) is 7.69. The van der Waals surface area contributed by atoms with Crippen LogP contribution >= 0.6 is 12.2 Å². The van der Waals surface area contributed by atoms with Gasteiger partial charge >= 0.3 is 6.18 Å². The van der Waals surface area contributed by atoms with Gasteiger partial charge in [-0.05, 0) is 30.7 Å². The number of nitrogens with one attached hydrogen (secondary N) is 1. The second-order valence-electron chi connectivity index (χ2n) is 3.69. The quantitative estimate of drug-likeness (QED) is 0.819. The average molecular weight is 262 g/mol. The first kappa shape index (κ1) is 13.8. The van der Waals surface area contributed by atoms with Crippen LogP contribution in [0.3, 0.4) is 0 Å². The van der Waals surface area contributed by atoms with E-state index in [-0.39, 0.29) is 11.5 Å². The number of alkyl halides is 3. The lowest BCUT2D eigenvalue weighted by Gasteiger charge is -2.11. The molecule has 6 heteroatoms. The smallest absolute Gasteiger partial charge is 0.389 e. The van der Waals surface area contributed by atoms with Gasteiger partial charge in [-0.3, -0.25) is 0 Å². The Morgan fingerprint density at radius 2 is 2.06 bits per heavy atom. The molecule has 0 saturated heterocycles. The zero-order valence-electron chi connectivity index (χ0n) is 9.27. The molecule has 0 spiro atoms. The predicted molar refractivity (Wildman–Crippen MR) is 66.2 cm³/mol. The minimum Gasteiger partial charge on any atom is -0.389 e. The summed E-state index contributed by atoms with van der Waals surface area (Å²) in [6.07, 6.45) is -5.00. The maximum absolute atomic E-state index is 11.9. The molecular weight excluding hydrogens is 249 g/mol. The minimum absolute atomic E-state index is 0.143. The summed E-state index contributed by atoms with van der Waals surface area (Å²) in [7, 11) is 0. The van der Waals surface area contributed by atoms with Crippen molar-refractivity contribution in [1.29, 1.82) is 0 Å². The van der Waals surface area contributed by atoms with Gasteiger partial charge in [0.15, 0.2) is 0 Å². The molecular formula is C11H13F3N2S. The Hall–Kier alpha value is -1.30. The van der Waals surface area contributed by atoms with E-state index in [4.69, 9.17) is 18.0 Å². The summed E-state index contributed by atoms with van der Waals surface area (Å²) in [5, 5.41) is 2.70. The number of hydrogen-bond acceptors (Lipinski definition) is 2. The van der Waals surface area contributed by atoms with E-state index in [2.05, 4.69) is 5.32 Å². The normalized spacial score (nSPS) is 11.3. The first-order valence-electron chi connectivity index (χ1n) is 5.00. The maximum Gasteiger partial charge on any atom is 0.390 e. The van der Waals surface area contributed by atoms with Crippen LogP contribution in [0.1, 0.15) is 17.5 Å². The third-order valence-electron chi connectivity index (χ3n) is 2.23. The lowest BCUT2D eigenvalue weighted by Crippen LogP contribution is -2.15. The average Bonchev–Trinajstić information content (AvgIpc) is 2.15. The van der Waals surface area contributed by atoms with Crippen molar-refractivity contribution in [3.8, 4) is 0 Å². The number of nitrogens with two attached hydrogens (primary N) is 1. The van der Waals surface area contributed by atoms with E-state index in [0.29, 0.717) is 5.69 Å². The molecule has 17 heavy (non-hydrogen) atoms. The van der Waals surface area contributed by atoms with E-state index in [0.717, 1.165) is 11.1 Å². The molecule has 0 bridgehead atoms. The van der Waals surface area contributed by atoms with Crippen molar-refractivity contribution in [2.75, 3.05) is 11.9 Å². The Labute approximate surface area is 103 Å². The number of halogens is 3. The van der Waals surface area contributed by atoms with E-state index in [9.17, 15) is 13.2 Å². The third kappa shape index (κ3) is 4.60. The summed E-state index contributed by atoms with van der Waals surface area (Å²) in [6, 6.07) is 5.09. The second-order valence-corrected chi connectivity index (χ2v) is 4.13. The van der Waals surface area contributed by atoms with Crippen LogP contribution in [-0.4, -0.2) is 17.7 Å². The van der Waals surface area contributed by atoms with Gasteiger partial charge < -0.3 is 11.1 Å². The molecule has 3 N–H and O–H groups in total. The Balaban J connectivity index is 2.62. The fraction of sp³-hybridized carbons (Fsp3) is 0.364. The number of benzene rings is 1. The van der Waals surface area contributed by atoms with E-state index >= 15 is 0 Å². The van der Waals surface area contributed by atoms with E-state index in [1.54, 1.807) is 18.2 Å². The highest BCUT2D eigenvalue weighted by atomic mass is 32.1. The van der Waals surface area contributed by atoms with Gasteiger partial charge in [0.05, 0.1) is 6.42 Å². The summed E-state index contributed by atoms with van der Waals surface area (Å²) in [4.78, 5) is 0.282. The molecule has 0 saturated carbocycles. The number of aryl methyl sites for hydroxylation is 1. The van der Waals surface area contributed by atoms with Crippen molar-refractivity contribution in [3.05, 3.63) is 29.3 Å². The zero-order chi connectivity index (χ0) is 13.1. The van der Waals surface area contributed by atoms with Gasteiger partial charge in [-0.25, -0.2) is 0 Å². The van der Waals surface area contributed by atoms with Gasteiger partial charge in [0.25, 0.3) is 0 Å². The van der Waals surface area contributed by atoms with Crippen LogP contribution in [0.25, 0.3) is 0 Å². The molecule has 0 amide bonds. The molecule has 0 aliphatic carbocycles. The van der Waals surface area contributed by atoms with Crippen molar-refractivity contribution in [1.82, 2.24) is 0 Å². The fourth-order valence-corrected chi connectivity index (χ4v) is 1.63. The van der Waals surface area contributed by atoms with E-state index in [1.807, 2.05) is 6.92 Å². The Bertz CT molecular complexity index is 416. The van der Waals surface area contributed by atoms with E-state index < -0.39 is 12.6 Å². The highest BCUT2D eigenvalue weighted by molar-refractivity contribution is 7.80. The molecule has 94 valence electrons. The van der Waals surface area contributed by atoms with Crippen molar-refractivity contribution >= 4 is 22.9 Å². The van der Waals surface area contributed by atoms with Crippen molar-refractivity contribution in [3.63, 3.8) is 0 Å². The van der Waals surface area contributed by atoms with Crippen LogP contribution < -0.4 is 11.1 Å². The van der Waals surface area contributed by atoms with Gasteiger partial charge in [-0.1, -0.05) is 12.2 Å². The highest BCUT2D eigenvalue weighted by Gasteiger charge is 2.26. The largest absolute Gasteiger partial charge is 0.390 e. The van der Waals surface area contributed by atoms with Crippen LogP contribution in [0.5, 0.6) is 0 Å². The van der Waals surface area contributed by atoms with Crippen molar-refractivity contribution in [2.45, 2.75) is 19.5 Å². The Kier molecular flexibility index (Phi) is 4.34. The molecule has 1 rings (SSSR count). The molecule has 0 aromatic heterocycles. The molecule has 2 nitrogen and oxygen atoms in total. The molecule has 0 atom stereocenters. The summed E-state index contributed by atoms with van der Waals surface area (Å²) >= 11 is 4.84. The van der Waals surface area contributed by atoms with Crippen molar-refractivity contribution < 1.29 is 13.2 Å². The third-order valence-corrected chi connectivity index (χ3v) is 2.45. The molecule has 0 heterocycles. The number of thiocarbonyl (C=S) groups is 1. The van der Waals surface area contributed by atoms with Gasteiger partial charge in [0.1, 0.15) is 4.99 Å². The van der Waals surface area contributed by atoms with Crippen LogP contribution in [0.4, 0.5) is 18.9 Å². The lowest BCUT2D eigenvalue weighted by atomic mass is 10.1. The van der Waals surface area contributed by atoms with E-state index in [1.165, 1.54) is 0 Å². The van der Waals surface area contributed by atoms with Gasteiger partial charge in [-0.2, -0.15) is 13.2 Å². The first-order chi connectivity index (χ1) is 7.79. The highest BCUT2D eigenvalue weighted by Crippen LogP contribution is 2.20. The fourth-order valence-electron chi connectivity index (χ4n) is 1.40. The number of anilines is 1. The second kappa shape index (κ2) is 5.35. The van der Waals surface area contributed by atoms with Crippen LogP contribution in [-0.2, 0) is 0 Å². The molecule has 1 aromatic carbocycles. The summed E-state index contributed by atoms with van der Waals surface area (Å²) < 4.78 is 35.8. The van der Waals surface area contributed by atoms with Gasteiger partial charge in [0.2, 0.25) is 0 Å². The molecule has 0 fully saturated rings. The maximum atomic E-state index is 11.9. The van der Waals surface area contributed by atoms with Crippen LogP contribution in [0.2, 0.25) is 0 Å². The SMILES string of the molecule is Cc1cc(NCCC(F)(F)F)ccc1C(N)=S. The summed E-state index contributed by atoms with van der Waals surface area (Å²) in [6.45, 7) is 1.67. The number of hydrogen-bond donors (Lipinski definition) is 2. The Morgan fingerprint density at radius 1 is 1.41 bits per heavy atom. The zero-order valence-corrected chi connectivity index (χ0v) is 10.1. The van der Waals surface area contributed by atoms with Crippen molar-refractivity contribution in [2.24, 2.45) is 5.73 Å². The predicted octanol–water partition coefficient (Wildman–Crippen LogP) is 2.99. The monoisotopic (exact) mass is 262 g/mol. The van der Waals surface area contributed by atoms with Gasteiger partial charge in [0, 0.05) is 17.8 Å². The standard InChI is InChI=1S/C11H13F3N2S/c1-7-6-8(2-3-9(7)10(15)17)16-5-4-11(12,13)14/h2-3,6,16H,4-5H2,1H3,(H2,15,17). The Morgan fingerprint density at radius 3 is 2.53 bits per heavy atom. The lowest BCUT2D eigenvalue weighted by molar-refractivity contribution is -0.131.